The van der Waals surface area contributed by atoms with Gasteiger partial charge in [0.1, 0.15) is 11.6 Å². The van der Waals surface area contributed by atoms with E-state index in [1.165, 1.54) is 24.3 Å². The number of benzene rings is 2. The van der Waals surface area contributed by atoms with Crippen LogP contribution in [0.3, 0.4) is 0 Å². The number of hydrogen-bond donors (Lipinski definition) is 2. The Labute approximate surface area is 219 Å². The minimum Gasteiger partial charge on any atom is -0.508 e. The van der Waals surface area contributed by atoms with E-state index in [0.717, 1.165) is 17.0 Å². The first kappa shape index (κ1) is 24.1. The lowest BCUT2D eigenvalue weighted by atomic mass is 9.56. The molecule has 0 bridgehead atoms. The first-order chi connectivity index (χ1) is 17.5. The average Bonchev–Trinajstić information content (AvgIpc) is 3.19. The van der Waals surface area contributed by atoms with E-state index in [1.54, 1.807) is 18.2 Å². The summed E-state index contributed by atoms with van der Waals surface area (Å²) in [5.74, 6) is -7.39. The molecule has 190 valence electrons. The van der Waals surface area contributed by atoms with Crippen LogP contribution in [0.2, 0.25) is 0 Å². The number of aromatic hydroxyl groups is 1. The molecule has 37 heavy (non-hydrogen) atoms. The fraction of sp³-hybridized carbons (Fsp3) is 0.308. The van der Waals surface area contributed by atoms with Crippen LogP contribution in [0.5, 0.6) is 5.75 Å². The second-order valence-electron chi connectivity index (χ2n) is 9.83. The predicted molar refractivity (Wildman–Crippen MR) is 128 cm³/mol. The molecule has 11 heteroatoms. The molecule has 6 atom stereocenters. The molecule has 0 aromatic heterocycles. The van der Waals surface area contributed by atoms with Gasteiger partial charge < -0.3 is 5.11 Å². The van der Waals surface area contributed by atoms with Gasteiger partial charge in [-0.15, -0.1) is 23.2 Å². The molecular formula is C26H19Cl2FN2O6. The van der Waals surface area contributed by atoms with Crippen molar-refractivity contribution in [3.63, 3.8) is 0 Å². The van der Waals surface area contributed by atoms with Crippen molar-refractivity contribution in [3.8, 4) is 5.75 Å². The minimum absolute atomic E-state index is 0.0381. The molecule has 0 spiro atoms. The van der Waals surface area contributed by atoms with Gasteiger partial charge in [-0.2, -0.15) is 5.06 Å². The van der Waals surface area contributed by atoms with Crippen LogP contribution in [0.25, 0.3) is 0 Å². The molecule has 0 unspecified atom stereocenters. The highest BCUT2D eigenvalue weighted by Gasteiger charge is 2.76. The van der Waals surface area contributed by atoms with Gasteiger partial charge in [0.05, 0.1) is 17.5 Å². The zero-order valence-electron chi connectivity index (χ0n) is 19.0. The Morgan fingerprint density at radius 3 is 2.19 bits per heavy atom. The summed E-state index contributed by atoms with van der Waals surface area (Å²) in [5.41, 5.74) is 1.10. The number of alkyl halides is 2. The number of amides is 4. The third-order valence-electron chi connectivity index (χ3n) is 8.10. The van der Waals surface area contributed by atoms with Crippen LogP contribution in [0.15, 0.2) is 60.2 Å². The number of carbonyl (C=O) groups excluding carboxylic acids is 4. The summed E-state index contributed by atoms with van der Waals surface area (Å²) in [6.45, 7) is 0. The van der Waals surface area contributed by atoms with Crippen molar-refractivity contribution in [1.82, 2.24) is 5.06 Å². The maximum atomic E-state index is 14.0. The van der Waals surface area contributed by atoms with Crippen molar-refractivity contribution in [2.24, 2.45) is 17.8 Å². The van der Waals surface area contributed by atoms with E-state index in [2.05, 4.69) is 0 Å². The Morgan fingerprint density at radius 1 is 0.892 bits per heavy atom. The monoisotopic (exact) mass is 544 g/mol. The largest absolute Gasteiger partial charge is 0.508 e. The minimum atomic E-state index is -2.04. The Balaban J connectivity index is 1.57. The van der Waals surface area contributed by atoms with E-state index >= 15 is 0 Å². The maximum Gasteiger partial charge on any atom is 0.258 e. The third-order valence-corrected chi connectivity index (χ3v) is 9.51. The van der Waals surface area contributed by atoms with Gasteiger partial charge in [-0.3, -0.25) is 24.4 Å². The van der Waals surface area contributed by atoms with Crippen molar-refractivity contribution in [2.75, 3.05) is 4.90 Å². The maximum absolute atomic E-state index is 14.0. The molecule has 1 saturated carbocycles. The highest BCUT2D eigenvalue weighted by molar-refractivity contribution is 6.58. The number of allylic oxidation sites excluding steroid dienone is 2. The standard InChI is InChI=1S/C26H19Cl2FN2O6/c27-25-11-18-16(9-10-17-19(18)22(34)31(37)21(17)33)20(12-1-7-15(32)8-2-12)26(25,28)24(36)30(23(25)35)14-5-3-13(29)4-6-14/h1-9,17-20,32,37H,10-11H2/t17-,18+,19-,20-,25+,26-/m0/s1. The number of rotatable bonds is 2. The molecule has 8 nitrogen and oxygen atoms in total. The van der Waals surface area contributed by atoms with Crippen molar-refractivity contribution < 1.29 is 33.9 Å². The smallest absolute Gasteiger partial charge is 0.258 e. The molecule has 2 aromatic carbocycles. The first-order valence-corrected chi connectivity index (χ1v) is 12.3. The van der Waals surface area contributed by atoms with Crippen LogP contribution in [-0.2, 0) is 19.2 Å². The number of fused-ring (bicyclic) bond motifs is 4. The quantitative estimate of drug-likeness (QED) is 0.259. The van der Waals surface area contributed by atoms with Gasteiger partial charge in [0.2, 0.25) is 0 Å². The number of nitrogens with zero attached hydrogens (tertiary/aromatic N) is 2. The third kappa shape index (κ3) is 2.99. The van der Waals surface area contributed by atoms with Crippen molar-refractivity contribution in [2.45, 2.75) is 28.5 Å². The van der Waals surface area contributed by atoms with E-state index in [4.69, 9.17) is 23.2 Å². The SMILES string of the molecule is O=C1[C@H]2[C@H](CC=C3[C@H]2C[C@@]2(Cl)C(=O)N(c4ccc(F)cc4)C(=O)[C@@]2(Cl)[C@H]3c2ccc(O)cc2)C(=O)N1O. The molecular weight excluding hydrogens is 526 g/mol. The molecule has 4 amide bonds. The van der Waals surface area contributed by atoms with Gasteiger partial charge in [-0.1, -0.05) is 23.8 Å². The van der Waals surface area contributed by atoms with Crippen molar-refractivity contribution in [1.29, 1.82) is 0 Å². The molecule has 0 radical (unpaired) electrons. The van der Waals surface area contributed by atoms with Crippen LogP contribution < -0.4 is 4.90 Å². The molecule has 4 aliphatic rings. The van der Waals surface area contributed by atoms with E-state index in [1.807, 2.05) is 0 Å². The Morgan fingerprint density at radius 2 is 1.54 bits per heavy atom. The Hall–Kier alpha value is -3.27. The number of anilines is 1. The van der Waals surface area contributed by atoms with Gasteiger partial charge in [-0.25, -0.2) is 9.29 Å². The van der Waals surface area contributed by atoms with E-state index in [-0.39, 0.29) is 29.3 Å². The fourth-order valence-corrected chi connectivity index (χ4v) is 7.36. The Bertz CT molecular complexity index is 1410. The molecule has 3 fully saturated rings. The van der Waals surface area contributed by atoms with Crippen LogP contribution >= 0.6 is 23.2 Å². The number of hydrogen-bond acceptors (Lipinski definition) is 6. The molecule has 2 aliphatic heterocycles. The summed E-state index contributed by atoms with van der Waals surface area (Å²) in [4.78, 5) is 50.2. The number of imide groups is 2. The van der Waals surface area contributed by atoms with Crippen LogP contribution in [0.4, 0.5) is 10.1 Å². The van der Waals surface area contributed by atoms with Gasteiger partial charge >= 0.3 is 0 Å². The number of hydroxylamine groups is 2. The molecule has 6 rings (SSSR count). The second-order valence-corrected chi connectivity index (χ2v) is 11.1. The average molecular weight is 545 g/mol. The molecule has 2 aliphatic carbocycles. The fourth-order valence-electron chi connectivity index (χ4n) is 6.42. The summed E-state index contributed by atoms with van der Waals surface area (Å²) in [7, 11) is 0. The van der Waals surface area contributed by atoms with Gasteiger partial charge in [0, 0.05) is 5.92 Å². The van der Waals surface area contributed by atoms with Crippen molar-refractivity contribution >= 4 is 52.5 Å². The van der Waals surface area contributed by atoms with Crippen LogP contribution in [-0.4, -0.2) is 48.8 Å². The summed E-state index contributed by atoms with van der Waals surface area (Å²) >= 11 is 14.3. The number of phenols is 1. The van der Waals surface area contributed by atoms with E-state index in [0.29, 0.717) is 11.1 Å². The highest BCUT2D eigenvalue weighted by Crippen LogP contribution is 2.65. The van der Waals surface area contributed by atoms with Crippen LogP contribution in [0, 0.1) is 23.6 Å². The Kier molecular flexibility index (Phi) is 5.12. The molecule has 2 saturated heterocycles. The molecule has 2 N–H and O–H groups in total. The van der Waals surface area contributed by atoms with Crippen LogP contribution in [0.1, 0.15) is 24.3 Å². The normalized spacial score (nSPS) is 34.9. The zero-order chi connectivity index (χ0) is 26.4. The molecule has 2 aromatic rings. The number of halogens is 3. The lowest BCUT2D eigenvalue weighted by molar-refractivity contribution is -0.173. The molecule has 2 heterocycles. The van der Waals surface area contributed by atoms with E-state index < -0.39 is 62.9 Å². The second kappa shape index (κ2) is 7.86. The van der Waals surface area contributed by atoms with E-state index in [9.17, 15) is 33.9 Å². The lowest BCUT2D eigenvalue weighted by Gasteiger charge is -2.50. The topological polar surface area (TPSA) is 115 Å². The zero-order valence-corrected chi connectivity index (χ0v) is 20.5. The number of carbonyl (C=O) groups is 4. The highest BCUT2D eigenvalue weighted by atomic mass is 35.5. The predicted octanol–water partition coefficient (Wildman–Crippen LogP) is 3.48. The van der Waals surface area contributed by atoms with Crippen molar-refractivity contribution in [3.05, 3.63) is 71.6 Å². The first-order valence-electron chi connectivity index (χ1n) is 11.6. The van der Waals surface area contributed by atoms with Gasteiger partial charge in [0.25, 0.3) is 23.6 Å². The summed E-state index contributed by atoms with van der Waals surface area (Å²) < 4.78 is 13.6. The number of phenolic OH excluding ortho intramolecular Hbond substituents is 1. The van der Waals surface area contributed by atoms with Gasteiger partial charge in [-0.05, 0) is 60.7 Å². The lowest BCUT2D eigenvalue weighted by Crippen LogP contribution is -2.60. The summed E-state index contributed by atoms with van der Waals surface area (Å²) in [6, 6.07) is 10.6. The van der Waals surface area contributed by atoms with Gasteiger partial charge in [0.15, 0.2) is 9.75 Å². The summed E-state index contributed by atoms with van der Waals surface area (Å²) in [6.07, 6.45) is 1.61. The summed E-state index contributed by atoms with van der Waals surface area (Å²) in [5, 5.41) is 20.0.